The second kappa shape index (κ2) is 10.2. The molecule has 0 spiro atoms. The van der Waals surface area contributed by atoms with Crippen molar-refractivity contribution in [2.45, 2.75) is 38.2 Å². The number of benzene rings is 3. The number of aromatic nitrogens is 1. The maximum absolute atomic E-state index is 13.9. The highest BCUT2D eigenvalue weighted by atomic mass is 19.4. The maximum Gasteiger partial charge on any atom is 0.418 e. The number of pyridine rings is 1. The van der Waals surface area contributed by atoms with Gasteiger partial charge in [0, 0.05) is 17.1 Å². The molecule has 0 amide bonds. The van der Waals surface area contributed by atoms with Gasteiger partial charge >= 0.3 is 18.3 Å². The zero-order valence-corrected chi connectivity index (χ0v) is 21.1. The number of hydrogen-bond acceptors (Lipinski definition) is 4. The number of hydrogen-bond donors (Lipinski definition) is 0. The van der Waals surface area contributed by atoms with E-state index in [2.05, 4.69) is 4.98 Å². The Kier molecular flexibility index (Phi) is 7.34. The quantitative estimate of drug-likeness (QED) is 0.182. The van der Waals surface area contributed by atoms with Crippen LogP contribution in [0.1, 0.15) is 36.1 Å². The van der Waals surface area contributed by atoms with Gasteiger partial charge in [-0.1, -0.05) is 48.5 Å². The molecule has 0 unspecified atom stereocenters. The lowest BCUT2D eigenvalue weighted by Crippen LogP contribution is -2.30. The summed E-state index contributed by atoms with van der Waals surface area (Å²) >= 11 is 0. The summed E-state index contributed by atoms with van der Waals surface area (Å²) < 4.78 is 93.1. The first-order chi connectivity index (χ1) is 18.2. The van der Waals surface area contributed by atoms with E-state index in [-0.39, 0.29) is 23.3 Å². The van der Waals surface area contributed by atoms with Crippen LogP contribution in [0.3, 0.4) is 0 Å². The summed E-state index contributed by atoms with van der Waals surface area (Å²) in [5.41, 5.74) is -2.66. The zero-order valence-electron chi connectivity index (χ0n) is 21.1. The van der Waals surface area contributed by atoms with Crippen molar-refractivity contribution in [1.29, 1.82) is 0 Å². The lowest BCUT2D eigenvalue weighted by Gasteiger charge is -2.22. The fraction of sp³-hybridized carbons (Fsp3) is 0.241. The van der Waals surface area contributed by atoms with Crippen LogP contribution in [0.15, 0.2) is 72.9 Å². The SMILES string of the molecule is COC(=O)C(C)(C)c1ccc(COc2cccc(-c3c(C(F)(F)F)cnc4c(C(F)(F)F)cccc34)c2)cc1. The Bertz CT molecular complexity index is 1510. The summed E-state index contributed by atoms with van der Waals surface area (Å²) in [6, 6.07) is 15.8. The minimum absolute atomic E-state index is 0.0294. The van der Waals surface area contributed by atoms with E-state index in [9.17, 15) is 31.1 Å². The summed E-state index contributed by atoms with van der Waals surface area (Å²) in [4.78, 5) is 15.6. The number of rotatable bonds is 6. The number of alkyl halides is 6. The first-order valence-electron chi connectivity index (χ1n) is 11.7. The molecule has 0 saturated carbocycles. The van der Waals surface area contributed by atoms with Crippen LogP contribution >= 0.6 is 0 Å². The van der Waals surface area contributed by atoms with Crippen molar-refractivity contribution in [1.82, 2.24) is 4.98 Å². The van der Waals surface area contributed by atoms with Gasteiger partial charge < -0.3 is 9.47 Å². The summed E-state index contributed by atoms with van der Waals surface area (Å²) in [5.74, 6) is -0.177. The molecule has 4 aromatic rings. The van der Waals surface area contributed by atoms with Crippen molar-refractivity contribution >= 4 is 16.9 Å². The second-order valence-corrected chi connectivity index (χ2v) is 9.37. The van der Waals surface area contributed by atoms with Gasteiger partial charge in [-0.3, -0.25) is 9.78 Å². The largest absolute Gasteiger partial charge is 0.489 e. The van der Waals surface area contributed by atoms with Crippen LogP contribution in [0, 0.1) is 0 Å². The van der Waals surface area contributed by atoms with Crippen molar-refractivity contribution in [2.24, 2.45) is 0 Å². The average Bonchev–Trinajstić information content (AvgIpc) is 2.89. The van der Waals surface area contributed by atoms with E-state index >= 15 is 0 Å². The number of ether oxygens (including phenoxy) is 2. The molecule has 204 valence electrons. The molecule has 0 radical (unpaired) electrons. The fourth-order valence-corrected chi connectivity index (χ4v) is 4.28. The molecule has 39 heavy (non-hydrogen) atoms. The van der Waals surface area contributed by atoms with E-state index in [1.807, 2.05) is 0 Å². The molecule has 1 aromatic heterocycles. The number of esters is 1. The molecule has 1 heterocycles. The predicted octanol–water partition coefficient (Wildman–Crippen LogP) is 7.97. The van der Waals surface area contributed by atoms with E-state index in [1.54, 1.807) is 38.1 Å². The Balaban J connectivity index is 1.69. The molecule has 0 saturated heterocycles. The third kappa shape index (κ3) is 5.69. The van der Waals surface area contributed by atoms with Gasteiger partial charge in [-0.25, -0.2) is 0 Å². The van der Waals surface area contributed by atoms with Gasteiger partial charge in [-0.15, -0.1) is 0 Å². The first kappa shape index (κ1) is 27.9. The summed E-state index contributed by atoms with van der Waals surface area (Å²) in [6.07, 6.45) is -9.23. The Morgan fingerprint density at radius 1 is 0.846 bits per heavy atom. The van der Waals surface area contributed by atoms with E-state index in [1.165, 1.54) is 37.4 Å². The van der Waals surface area contributed by atoms with Crippen LogP contribution in [-0.2, 0) is 33.9 Å². The molecule has 3 aromatic carbocycles. The van der Waals surface area contributed by atoms with Crippen LogP contribution in [0.5, 0.6) is 5.75 Å². The van der Waals surface area contributed by atoms with Crippen molar-refractivity contribution in [3.05, 3.63) is 95.2 Å². The van der Waals surface area contributed by atoms with E-state index in [0.29, 0.717) is 6.20 Å². The van der Waals surface area contributed by atoms with Gasteiger partial charge in [0.1, 0.15) is 12.4 Å². The molecule has 0 aliphatic heterocycles. The lowest BCUT2D eigenvalue weighted by molar-refractivity contribution is -0.146. The van der Waals surface area contributed by atoms with Gasteiger partial charge in [-0.2, -0.15) is 26.3 Å². The number of carbonyl (C=O) groups excluding carboxylic acids is 1. The first-order valence-corrected chi connectivity index (χ1v) is 11.7. The molecule has 10 heteroatoms. The standard InChI is InChI=1S/C29H23F6NO3/c1-27(2,26(37)38-3)19-12-10-17(11-13-19)16-39-20-7-4-6-18(14-20)24-21-8-5-9-22(28(30,31)32)25(21)36-15-23(24)29(33,34)35/h4-15H,16H2,1-3H3. The third-order valence-corrected chi connectivity index (χ3v) is 6.41. The highest BCUT2D eigenvalue weighted by Crippen LogP contribution is 2.43. The lowest BCUT2D eigenvalue weighted by atomic mass is 9.84. The van der Waals surface area contributed by atoms with Crippen LogP contribution in [-0.4, -0.2) is 18.1 Å². The maximum atomic E-state index is 13.9. The molecule has 0 fully saturated rings. The number of carbonyl (C=O) groups is 1. The van der Waals surface area contributed by atoms with E-state index < -0.39 is 45.9 Å². The smallest absolute Gasteiger partial charge is 0.418 e. The minimum Gasteiger partial charge on any atom is -0.489 e. The Labute approximate surface area is 220 Å². The molecule has 4 rings (SSSR count). The van der Waals surface area contributed by atoms with Crippen molar-refractivity contribution < 1.29 is 40.6 Å². The molecular formula is C29H23F6NO3. The number of methoxy groups -OCH3 is 1. The van der Waals surface area contributed by atoms with Crippen LogP contribution in [0.25, 0.3) is 22.0 Å². The Morgan fingerprint density at radius 3 is 2.10 bits per heavy atom. The summed E-state index contributed by atoms with van der Waals surface area (Å²) in [5, 5.41) is -0.277. The molecule has 4 nitrogen and oxygen atoms in total. The van der Waals surface area contributed by atoms with Crippen molar-refractivity contribution in [3.8, 4) is 16.9 Å². The van der Waals surface area contributed by atoms with Gasteiger partial charge in [0.2, 0.25) is 0 Å². The predicted molar refractivity (Wildman–Crippen MR) is 133 cm³/mol. The van der Waals surface area contributed by atoms with Crippen LogP contribution in [0.4, 0.5) is 26.3 Å². The molecular weight excluding hydrogens is 524 g/mol. The monoisotopic (exact) mass is 547 g/mol. The molecule has 0 N–H and O–H groups in total. The fourth-order valence-electron chi connectivity index (χ4n) is 4.28. The Hall–Kier alpha value is -4.08. The average molecular weight is 547 g/mol. The summed E-state index contributed by atoms with van der Waals surface area (Å²) in [7, 11) is 1.31. The zero-order chi connectivity index (χ0) is 28.6. The number of halogens is 6. The number of fused-ring (bicyclic) bond motifs is 1. The van der Waals surface area contributed by atoms with Crippen LogP contribution < -0.4 is 4.74 Å². The van der Waals surface area contributed by atoms with E-state index in [0.717, 1.165) is 23.3 Å². The molecule has 0 aliphatic carbocycles. The molecule has 0 aliphatic rings. The Morgan fingerprint density at radius 2 is 1.49 bits per heavy atom. The third-order valence-electron chi connectivity index (χ3n) is 6.41. The van der Waals surface area contributed by atoms with Crippen molar-refractivity contribution in [3.63, 3.8) is 0 Å². The van der Waals surface area contributed by atoms with Gasteiger partial charge in [0.25, 0.3) is 0 Å². The highest BCUT2D eigenvalue weighted by Gasteiger charge is 2.38. The highest BCUT2D eigenvalue weighted by molar-refractivity contribution is 5.98. The molecule has 0 atom stereocenters. The van der Waals surface area contributed by atoms with Gasteiger partial charge in [-0.05, 0) is 48.7 Å². The topological polar surface area (TPSA) is 48.4 Å². The minimum atomic E-state index is -4.86. The van der Waals surface area contributed by atoms with Gasteiger partial charge in [0.15, 0.2) is 0 Å². The normalized spacial score (nSPS) is 12.4. The van der Waals surface area contributed by atoms with E-state index in [4.69, 9.17) is 9.47 Å². The summed E-state index contributed by atoms with van der Waals surface area (Å²) in [6.45, 7) is 3.51. The number of nitrogens with zero attached hydrogens (tertiary/aromatic N) is 1. The second-order valence-electron chi connectivity index (χ2n) is 9.37. The van der Waals surface area contributed by atoms with Crippen molar-refractivity contribution in [2.75, 3.05) is 7.11 Å². The van der Waals surface area contributed by atoms with Crippen LogP contribution in [0.2, 0.25) is 0 Å². The van der Waals surface area contributed by atoms with Gasteiger partial charge in [0.05, 0.1) is 29.2 Å². The number of para-hydroxylation sites is 1. The molecule has 0 bridgehead atoms.